The summed E-state index contributed by atoms with van der Waals surface area (Å²) < 4.78 is 0. The third kappa shape index (κ3) is 3.10. The maximum absolute atomic E-state index is 12.3. The zero-order valence-electron chi connectivity index (χ0n) is 12.1. The summed E-state index contributed by atoms with van der Waals surface area (Å²) in [5.74, 6) is 0.718. The van der Waals surface area contributed by atoms with Crippen LogP contribution in [0, 0.1) is 11.8 Å². The molecule has 1 aromatic carbocycles. The van der Waals surface area contributed by atoms with Crippen LogP contribution in [-0.4, -0.2) is 29.1 Å². The lowest BCUT2D eigenvalue weighted by Gasteiger charge is -2.30. The lowest BCUT2D eigenvalue weighted by atomic mass is 9.79. The van der Waals surface area contributed by atoms with Gasteiger partial charge in [-0.15, -0.1) is 0 Å². The zero-order chi connectivity index (χ0) is 14.7. The number of aromatic nitrogens is 1. The number of aromatic amines is 1. The smallest absolute Gasteiger partial charge is 0.251 e. The van der Waals surface area contributed by atoms with Gasteiger partial charge in [-0.05, 0) is 48.9 Å². The minimum absolute atomic E-state index is 0.0274. The number of carbonyl (C=O) groups is 1. The number of benzene rings is 1. The maximum atomic E-state index is 12.3. The van der Waals surface area contributed by atoms with Gasteiger partial charge in [-0.25, -0.2) is 0 Å². The summed E-state index contributed by atoms with van der Waals surface area (Å²) >= 11 is 0. The van der Waals surface area contributed by atoms with Crippen molar-refractivity contribution >= 4 is 16.8 Å². The van der Waals surface area contributed by atoms with Crippen molar-refractivity contribution in [1.82, 2.24) is 10.3 Å². The molecule has 4 nitrogen and oxygen atoms in total. The van der Waals surface area contributed by atoms with Gasteiger partial charge in [0, 0.05) is 35.8 Å². The molecule has 0 radical (unpaired) electrons. The van der Waals surface area contributed by atoms with Gasteiger partial charge in [-0.3, -0.25) is 4.79 Å². The molecule has 112 valence electrons. The van der Waals surface area contributed by atoms with E-state index in [2.05, 4.69) is 10.3 Å². The van der Waals surface area contributed by atoms with Crippen LogP contribution in [0.15, 0.2) is 30.5 Å². The number of rotatable bonds is 4. The van der Waals surface area contributed by atoms with Crippen LogP contribution >= 0.6 is 0 Å². The zero-order valence-corrected chi connectivity index (χ0v) is 12.1. The van der Waals surface area contributed by atoms with Gasteiger partial charge in [0.15, 0.2) is 0 Å². The number of nitrogens with one attached hydrogen (secondary N) is 2. The Kier molecular flexibility index (Phi) is 4.25. The summed E-state index contributed by atoms with van der Waals surface area (Å²) in [7, 11) is 0. The predicted octanol–water partition coefficient (Wildman–Crippen LogP) is 2.70. The Morgan fingerprint density at radius 3 is 2.86 bits per heavy atom. The molecule has 1 aliphatic rings. The van der Waals surface area contributed by atoms with E-state index in [1.54, 1.807) is 0 Å². The third-order valence-electron chi connectivity index (χ3n) is 4.64. The number of aliphatic hydroxyl groups is 1. The van der Waals surface area contributed by atoms with Gasteiger partial charge < -0.3 is 15.4 Å². The summed E-state index contributed by atoms with van der Waals surface area (Å²) in [6.07, 6.45) is 6.45. The Bertz CT molecular complexity index is 620. The number of carbonyl (C=O) groups excluding carboxylic acids is 1. The average Bonchev–Trinajstić information content (AvgIpc) is 3.00. The van der Waals surface area contributed by atoms with E-state index < -0.39 is 0 Å². The van der Waals surface area contributed by atoms with E-state index in [1.165, 1.54) is 12.8 Å². The van der Waals surface area contributed by atoms with Crippen molar-refractivity contribution in [3.63, 3.8) is 0 Å². The van der Waals surface area contributed by atoms with Gasteiger partial charge in [0.25, 0.3) is 5.91 Å². The molecule has 2 aromatic rings. The molecule has 1 aliphatic carbocycles. The van der Waals surface area contributed by atoms with Crippen LogP contribution in [0.4, 0.5) is 0 Å². The molecule has 4 heteroatoms. The van der Waals surface area contributed by atoms with Crippen LogP contribution in [0.25, 0.3) is 10.9 Å². The van der Waals surface area contributed by atoms with Crippen molar-refractivity contribution in [2.75, 3.05) is 13.2 Å². The fraction of sp³-hybridized carbons (Fsp3) is 0.471. The second kappa shape index (κ2) is 6.31. The minimum atomic E-state index is -0.0274. The maximum Gasteiger partial charge on any atom is 0.251 e. The van der Waals surface area contributed by atoms with Gasteiger partial charge in [0.1, 0.15) is 0 Å². The summed E-state index contributed by atoms with van der Waals surface area (Å²) in [4.78, 5) is 15.4. The average molecular weight is 286 g/mol. The van der Waals surface area contributed by atoms with Gasteiger partial charge >= 0.3 is 0 Å². The monoisotopic (exact) mass is 286 g/mol. The van der Waals surface area contributed by atoms with Crippen LogP contribution in [0.3, 0.4) is 0 Å². The highest BCUT2D eigenvalue weighted by Crippen LogP contribution is 2.29. The van der Waals surface area contributed by atoms with Crippen molar-refractivity contribution < 1.29 is 9.90 Å². The fourth-order valence-electron chi connectivity index (χ4n) is 3.31. The molecule has 3 N–H and O–H groups in total. The summed E-state index contributed by atoms with van der Waals surface area (Å²) in [5.41, 5.74) is 1.73. The molecule has 1 amide bonds. The molecule has 0 bridgehead atoms. The van der Waals surface area contributed by atoms with Gasteiger partial charge in [0.05, 0.1) is 0 Å². The molecule has 2 unspecified atom stereocenters. The Hall–Kier alpha value is -1.81. The van der Waals surface area contributed by atoms with E-state index in [0.717, 1.165) is 23.7 Å². The van der Waals surface area contributed by atoms with Crippen molar-refractivity contribution in [3.8, 4) is 0 Å². The molecule has 3 rings (SSSR count). The molecule has 21 heavy (non-hydrogen) atoms. The molecule has 2 atom stereocenters. The Balaban J connectivity index is 1.62. The first-order valence-corrected chi connectivity index (χ1v) is 7.74. The highest BCUT2D eigenvalue weighted by atomic mass is 16.3. The third-order valence-corrected chi connectivity index (χ3v) is 4.64. The van der Waals surface area contributed by atoms with Crippen LogP contribution < -0.4 is 5.32 Å². The number of hydrogen-bond acceptors (Lipinski definition) is 2. The number of fused-ring (bicyclic) bond motifs is 1. The first-order chi connectivity index (χ1) is 10.3. The molecule has 1 saturated carbocycles. The van der Waals surface area contributed by atoms with Crippen LogP contribution in [-0.2, 0) is 0 Å². The summed E-state index contributed by atoms with van der Waals surface area (Å²) in [5, 5.41) is 13.5. The van der Waals surface area contributed by atoms with E-state index in [4.69, 9.17) is 0 Å². The van der Waals surface area contributed by atoms with E-state index in [9.17, 15) is 9.90 Å². The highest BCUT2D eigenvalue weighted by Gasteiger charge is 2.24. The Morgan fingerprint density at radius 1 is 1.24 bits per heavy atom. The van der Waals surface area contributed by atoms with Crippen molar-refractivity contribution in [1.29, 1.82) is 0 Å². The second-order valence-electron chi connectivity index (χ2n) is 5.98. The van der Waals surface area contributed by atoms with E-state index >= 15 is 0 Å². The summed E-state index contributed by atoms with van der Waals surface area (Å²) in [6.45, 7) is 0.894. The number of aliphatic hydroxyl groups excluding tert-OH is 1. The standard InChI is InChI=1S/C17H22N2O2/c20-11-15-4-2-1-3-14(15)10-19-17(21)13-5-6-16-12(9-13)7-8-18-16/h5-9,14-15,18,20H,1-4,10-11H2,(H,19,21). The van der Waals surface area contributed by atoms with Crippen molar-refractivity contribution in [2.24, 2.45) is 11.8 Å². The van der Waals surface area contributed by atoms with Crippen LogP contribution in [0.1, 0.15) is 36.0 Å². The quantitative estimate of drug-likeness (QED) is 0.809. The van der Waals surface area contributed by atoms with Gasteiger partial charge in [-0.2, -0.15) is 0 Å². The van der Waals surface area contributed by atoms with E-state index in [-0.39, 0.29) is 12.5 Å². The van der Waals surface area contributed by atoms with Gasteiger partial charge in [-0.1, -0.05) is 12.8 Å². The topological polar surface area (TPSA) is 65.1 Å². The largest absolute Gasteiger partial charge is 0.396 e. The van der Waals surface area contributed by atoms with E-state index in [1.807, 2.05) is 30.5 Å². The summed E-state index contributed by atoms with van der Waals surface area (Å²) in [6, 6.07) is 7.65. The number of H-pyrrole nitrogens is 1. The molecule has 0 aliphatic heterocycles. The lowest BCUT2D eigenvalue weighted by molar-refractivity contribution is 0.0909. The number of amides is 1. The first kappa shape index (κ1) is 14.1. The highest BCUT2D eigenvalue weighted by molar-refractivity contribution is 5.98. The molecular weight excluding hydrogens is 264 g/mol. The molecule has 1 aromatic heterocycles. The van der Waals surface area contributed by atoms with Crippen LogP contribution in [0.2, 0.25) is 0 Å². The number of hydrogen-bond donors (Lipinski definition) is 3. The SMILES string of the molecule is O=C(NCC1CCCCC1CO)c1ccc2[nH]ccc2c1. The lowest BCUT2D eigenvalue weighted by Crippen LogP contribution is -2.35. The Morgan fingerprint density at radius 2 is 2.05 bits per heavy atom. The minimum Gasteiger partial charge on any atom is -0.396 e. The van der Waals surface area contributed by atoms with E-state index in [0.29, 0.717) is 23.9 Å². The molecule has 1 heterocycles. The fourth-order valence-corrected chi connectivity index (χ4v) is 3.31. The normalized spacial score (nSPS) is 22.3. The molecule has 0 saturated heterocycles. The molecular formula is C17H22N2O2. The van der Waals surface area contributed by atoms with Crippen molar-refractivity contribution in [2.45, 2.75) is 25.7 Å². The van der Waals surface area contributed by atoms with Crippen molar-refractivity contribution in [3.05, 3.63) is 36.0 Å². The molecule has 0 spiro atoms. The second-order valence-corrected chi connectivity index (χ2v) is 5.98. The first-order valence-electron chi connectivity index (χ1n) is 7.74. The Labute approximate surface area is 124 Å². The predicted molar refractivity (Wildman–Crippen MR) is 83.2 cm³/mol. The van der Waals surface area contributed by atoms with Gasteiger partial charge in [0.2, 0.25) is 0 Å². The molecule has 1 fully saturated rings. The van der Waals surface area contributed by atoms with Crippen LogP contribution in [0.5, 0.6) is 0 Å².